The molecule has 0 fully saturated rings. The van der Waals surface area contributed by atoms with E-state index < -0.39 is 0 Å². The van der Waals surface area contributed by atoms with Crippen LogP contribution in [0.2, 0.25) is 0 Å². The molecule has 3 N–H and O–H groups in total. The van der Waals surface area contributed by atoms with Crippen molar-refractivity contribution in [2.75, 3.05) is 19.8 Å². The summed E-state index contributed by atoms with van der Waals surface area (Å²) in [6.07, 6.45) is 0. The highest BCUT2D eigenvalue weighted by Gasteiger charge is 2.10. The molecule has 80 valence electrons. The van der Waals surface area contributed by atoms with Crippen molar-refractivity contribution in [3.8, 4) is 0 Å². The average molecular weight is 216 g/mol. The fraction of sp³-hybridized carbons (Fsp3) is 0.455. The normalized spacial score (nSPS) is 11.9. The molecule has 0 heterocycles. The molecule has 3 heteroatoms. The summed E-state index contributed by atoms with van der Waals surface area (Å²) >= 11 is 0. The molecular weight excluding hydrogens is 198 g/mol. The summed E-state index contributed by atoms with van der Waals surface area (Å²) in [7, 11) is 0. The summed E-state index contributed by atoms with van der Waals surface area (Å²) in [6, 6.07) is 10.4. The molecule has 14 heavy (non-hydrogen) atoms. The summed E-state index contributed by atoms with van der Waals surface area (Å²) in [5.74, 6) is 0.446. The van der Waals surface area contributed by atoms with E-state index in [1.807, 2.05) is 13.0 Å². The van der Waals surface area contributed by atoms with Gasteiger partial charge in [0.25, 0.3) is 0 Å². The quantitative estimate of drug-likeness (QED) is 0.610. The summed E-state index contributed by atoms with van der Waals surface area (Å²) in [5.41, 5.74) is 5.26. The van der Waals surface area contributed by atoms with Crippen molar-refractivity contribution in [3.63, 3.8) is 0 Å². The van der Waals surface area contributed by atoms with Gasteiger partial charge in [0, 0.05) is 6.61 Å². The zero-order valence-corrected chi connectivity index (χ0v) is 9.33. The summed E-state index contributed by atoms with van der Waals surface area (Å²) in [6.45, 7) is 4.47. The van der Waals surface area contributed by atoms with Crippen LogP contribution in [0.5, 0.6) is 0 Å². The molecule has 0 aliphatic carbocycles. The maximum atomic E-state index is 5.40. The van der Waals surface area contributed by atoms with Crippen molar-refractivity contribution in [1.82, 2.24) is 0 Å². The van der Waals surface area contributed by atoms with Gasteiger partial charge < -0.3 is 22.9 Å². The van der Waals surface area contributed by atoms with Crippen LogP contribution in [0.3, 0.4) is 0 Å². The fourth-order valence-corrected chi connectivity index (χ4v) is 1.33. The Bertz CT molecular complexity index is 228. The molecule has 0 saturated carbocycles. The lowest BCUT2D eigenvalue weighted by Crippen LogP contribution is -3.00. The third-order valence-corrected chi connectivity index (χ3v) is 2.14. The summed E-state index contributed by atoms with van der Waals surface area (Å²) < 4.78 is 5.40. The standard InChI is InChI=1S/C11H17NO.ClH/c1-2-13-9-11(8-12)10-6-4-3-5-7-10;/h3-7,11H,2,8-9,12H2,1H3;1H. The van der Waals surface area contributed by atoms with Gasteiger partial charge in [-0.2, -0.15) is 0 Å². The number of rotatable bonds is 5. The first-order chi connectivity index (χ1) is 6.38. The Morgan fingerprint density at radius 3 is 2.43 bits per heavy atom. The predicted molar refractivity (Wildman–Crippen MR) is 53.4 cm³/mol. The molecule has 1 rings (SSSR count). The van der Waals surface area contributed by atoms with Gasteiger partial charge in [-0.15, -0.1) is 0 Å². The molecule has 1 unspecified atom stereocenters. The molecule has 0 spiro atoms. The van der Waals surface area contributed by atoms with Crippen LogP contribution >= 0.6 is 0 Å². The second-order valence-electron chi connectivity index (χ2n) is 3.06. The van der Waals surface area contributed by atoms with Gasteiger partial charge >= 0.3 is 0 Å². The van der Waals surface area contributed by atoms with Crippen molar-refractivity contribution in [2.45, 2.75) is 12.8 Å². The highest BCUT2D eigenvalue weighted by atomic mass is 35.5. The van der Waals surface area contributed by atoms with E-state index in [1.165, 1.54) is 5.56 Å². The Kier molecular flexibility index (Phi) is 7.48. The van der Waals surface area contributed by atoms with Gasteiger partial charge in [0.2, 0.25) is 0 Å². The van der Waals surface area contributed by atoms with Crippen LogP contribution in [0.1, 0.15) is 18.4 Å². The highest BCUT2D eigenvalue weighted by molar-refractivity contribution is 5.19. The maximum Gasteiger partial charge on any atom is 0.0832 e. The van der Waals surface area contributed by atoms with E-state index in [0.29, 0.717) is 5.92 Å². The Morgan fingerprint density at radius 2 is 1.93 bits per heavy atom. The van der Waals surface area contributed by atoms with E-state index in [2.05, 4.69) is 30.0 Å². The molecular formula is C11H18ClNO. The fourth-order valence-electron chi connectivity index (χ4n) is 1.33. The monoisotopic (exact) mass is 215 g/mol. The van der Waals surface area contributed by atoms with Gasteiger partial charge in [0.1, 0.15) is 0 Å². The number of hydrogen-bond acceptors (Lipinski definition) is 1. The Balaban J connectivity index is 0.00000169. The van der Waals surface area contributed by atoms with Crippen molar-refractivity contribution < 1.29 is 22.9 Å². The van der Waals surface area contributed by atoms with Crippen molar-refractivity contribution in [1.29, 1.82) is 0 Å². The van der Waals surface area contributed by atoms with E-state index in [4.69, 9.17) is 4.74 Å². The van der Waals surface area contributed by atoms with Crippen molar-refractivity contribution in [2.24, 2.45) is 0 Å². The lowest BCUT2D eigenvalue weighted by atomic mass is 10.0. The number of quaternary nitrogens is 1. The van der Waals surface area contributed by atoms with Gasteiger partial charge in [-0.25, -0.2) is 0 Å². The van der Waals surface area contributed by atoms with E-state index in [-0.39, 0.29) is 12.4 Å². The molecule has 0 amide bonds. The van der Waals surface area contributed by atoms with Crippen molar-refractivity contribution >= 4 is 0 Å². The minimum atomic E-state index is 0. The molecule has 0 aliphatic rings. The van der Waals surface area contributed by atoms with Crippen molar-refractivity contribution in [3.05, 3.63) is 35.9 Å². The minimum absolute atomic E-state index is 0. The first-order valence-electron chi connectivity index (χ1n) is 4.80. The van der Waals surface area contributed by atoms with Crippen LogP contribution in [0.25, 0.3) is 0 Å². The maximum absolute atomic E-state index is 5.40. The van der Waals surface area contributed by atoms with Crippen LogP contribution in [0, 0.1) is 0 Å². The molecule has 1 aromatic rings. The molecule has 1 atom stereocenters. The number of hydrogen-bond donors (Lipinski definition) is 1. The molecule has 0 saturated heterocycles. The summed E-state index contributed by atoms with van der Waals surface area (Å²) in [4.78, 5) is 0. The van der Waals surface area contributed by atoms with Gasteiger partial charge in [-0.05, 0) is 12.5 Å². The van der Waals surface area contributed by atoms with Gasteiger partial charge in [-0.1, -0.05) is 30.3 Å². The lowest BCUT2D eigenvalue weighted by molar-refractivity contribution is -0.373. The van der Waals surface area contributed by atoms with Crippen LogP contribution in [0.15, 0.2) is 30.3 Å². The second-order valence-corrected chi connectivity index (χ2v) is 3.06. The Hall–Kier alpha value is -0.570. The third-order valence-electron chi connectivity index (χ3n) is 2.14. The predicted octanol–water partition coefficient (Wildman–Crippen LogP) is -1.95. The zero-order chi connectivity index (χ0) is 9.52. The minimum Gasteiger partial charge on any atom is -1.00 e. The van der Waals surface area contributed by atoms with Crippen LogP contribution in [-0.2, 0) is 4.74 Å². The lowest BCUT2D eigenvalue weighted by Gasteiger charge is -2.12. The number of halogens is 1. The SMILES string of the molecule is CCOCC(C[NH3+])c1ccccc1.[Cl-]. The Morgan fingerprint density at radius 1 is 1.29 bits per heavy atom. The largest absolute Gasteiger partial charge is 1.00 e. The molecule has 2 nitrogen and oxygen atoms in total. The third kappa shape index (κ3) is 4.09. The topological polar surface area (TPSA) is 36.9 Å². The summed E-state index contributed by atoms with van der Waals surface area (Å²) in [5, 5.41) is 0. The van der Waals surface area contributed by atoms with E-state index >= 15 is 0 Å². The van der Waals surface area contributed by atoms with Gasteiger partial charge in [-0.3, -0.25) is 0 Å². The van der Waals surface area contributed by atoms with Gasteiger partial charge in [0.05, 0.1) is 19.1 Å². The second kappa shape index (κ2) is 7.80. The first kappa shape index (κ1) is 13.4. The van der Waals surface area contributed by atoms with Crippen LogP contribution in [-0.4, -0.2) is 19.8 Å². The Labute approximate surface area is 91.9 Å². The van der Waals surface area contributed by atoms with Crippen LogP contribution < -0.4 is 18.1 Å². The van der Waals surface area contributed by atoms with Crippen LogP contribution in [0.4, 0.5) is 0 Å². The molecule has 0 aliphatic heterocycles. The average Bonchev–Trinajstić information content (AvgIpc) is 2.21. The smallest absolute Gasteiger partial charge is 0.0832 e. The van der Waals surface area contributed by atoms with Gasteiger partial charge in [0.15, 0.2) is 0 Å². The molecule has 1 aromatic carbocycles. The van der Waals surface area contributed by atoms with E-state index in [1.54, 1.807) is 0 Å². The highest BCUT2D eigenvalue weighted by Crippen LogP contribution is 2.13. The number of ether oxygens (including phenoxy) is 1. The molecule has 0 radical (unpaired) electrons. The van der Waals surface area contributed by atoms with E-state index in [9.17, 15) is 0 Å². The molecule has 0 aromatic heterocycles. The zero-order valence-electron chi connectivity index (χ0n) is 8.58. The molecule has 0 bridgehead atoms. The van der Waals surface area contributed by atoms with E-state index in [0.717, 1.165) is 19.8 Å². The number of benzene rings is 1. The first-order valence-corrected chi connectivity index (χ1v) is 4.80.